The molecule has 1 N–H and O–H groups in total. The van der Waals surface area contributed by atoms with Crippen molar-refractivity contribution in [3.8, 4) is 12.3 Å². The molecule has 1 unspecified atom stereocenters. The summed E-state index contributed by atoms with van der Waals surface area (Å²) in [5.41, 5.74) is 2.48. The Morgan fingerprint density at radius 3 is 2.78 bits per heavy atom. The molecule has 98 valence electrons. The van der Waals surface area contributed by atoms with Crippen LogP contribution in [0.5, 0.6) is 0 Å². The average molecular weight is 264 g/mol. The average Bonchev–Trinajstić information content (AvgIpc) is 2.32. The highest BCUT2D eigenvalue weighted by Gasteiger charge is 2.11. The van der Waals surface area contributed by atoms with Crippen LogP contribution >= 0.6 is 11.6 Å². The summed E-state index contributed by atoms with van der Waals surface area (Å²) in [5.74, 6) is 2.70. The monoisotopic (exact) mass is 263 g/mol. The van der Waals surface area contributed by atoms with E-state index in [1.165, 1.54) is 11.1 Å². The first-order chi connectivity index (χ1) is 8.67. The molecule has 0 bridgehead atoms. The molecule has 0 aromatic heterocycles. The van der Waals surface area contributed by atoms with Crippen molar-refractivity contribution in [3.05, 3.63) is 34.3 Å². The molecule has 1 rings (SSSR count). The van der Waals surface area contributed by atoms with Crippen LogP contribution in [0.15, 0.2) is 18.2 Å². The number of aryl methyl sites for hydroxylation is 1. The predicted octanol–water partition coefficient (Wildman–Crippen LogP) is 4.49. The van der Waals surface area contributed by atoms with Crippen LogP contribution in [0.4, 0.5) is 0 Å². The van der Waals surface area contributed by atoms with Gasteiger partial charge in [-0.05, 0) is 56.0 Å². The van der Waals surface area contributed by atoms with Gasteiger partial charge in [0.15, 0.2) is 0 Å². The minimum atomic E-state index is 0.357. The molecule has 0 fully saturated rings. The van der Waals surface area contributed by atoms with Crippen LogP contribution in [0.25, 0.3) is 0 Å². The normalized spacial score (nSPS) is 12.1. The molecule has 0 radical (unpaired) electrons. The Bertz CT molecular complexity index is 386. The molecule has 0 spiro atoms. The Labute approximate surface area is 116 Å². The van der Waals surface area contributed by atoms with Gasteiger partial charge in [0.05, 0.1) is 0 Å². The van der Waals surface area contributed by atoms with Crippen LogP contribution in [0.1, 0.15) is 49.8 Å². The van der Waals surface area contributed by atoms with E-state index in [0.29, 0.717) is 6.04 Å². The Hall–Kier alpha value is -0.970. The maximum atomic E-state index is 6.13. The van der Waals surface area contributed by atoms with Crippen molar-refractivity contribution in [1.29, 1.82) is 0 Å². The summed E-state index contributed by atoms with van der Waals surface area (Å²) < 4.78 is 0. The van der Waals surface area contributed by atoms with Gasteiger partial charge in [0.1, 0.15) is 0 Å². The van der Waals surface area contributed by atoms with E-state index in [-0.39, 0.29) is 0 Å². The lowest BCUT2D eigenvalue weighted by Crippen LogP contribution is -2.22. The molecule has 0 saturated heterocycles. The van der Waals surface area contributed by atoms with E-state index in [2.05, 4.69) is 37.2 Å². The molecule has 0 aliphatic heterocycles. The van der Waals surface area contributed by atoms with E-state index in [9.17, 15) is 0 Å². The van der Waals surface area contributed by atoms with Crippen molar-refractivity contribution in [1.82, 2.24) is 5.32 Å². The number of halogens is 1. The minimum absolute atomic E-state index is 0.357. The van der Waals surface area contributed by atoms with E-state index in [1.807, 2.05) is 6.07 Å². The summed E-state index contributed by atoms with van der Waals surface area (Å²) in [6.45, 7) is 5.27. The fourth-order valence-electron chi connectivity index (χ4n) is 2.08. The minimum Gasteiger partial charge on any atom is -0.310 e. The lowest BCUT2D eigenvalue weighted by molar-refractivity contribution is 0.487. The highest BCUT2D eigenvalue weighted by molar-refractivity contribution is 6.30. The van der Waals surface area contributed by atoms with Gasteiger partial charge in [-0.15, -0.1) is 12.3 Å². The first-order valence-corrected chi connectivity index (χ1v) is 6.99. The quantitative estimate of drug-likeness (QED) is 0.564. The largest absolute Gasteiger partial charge is 0.310 e. The number of unbranched alkanes of at least 4 members (excludes halogenated alkanes) is 1. The Balaban J connectivity index is 2.76. The number of hydrogen-bond acceptors (Lipinski definition) is 1. The summed E-state index contributed by atoms with van der Waals surface area (Å²) >= 11 is 6.13. The van der Waals surface area contributed by atoms with E-state index >= 15 is 0 Å². The smallest absolute Gasteiger partial charge is 0.0411 e. The third kappa shape index (κ3) is 5.12. The molecule has 18 heavy (non-hydrogen) atoms. The second kappa shape index (κ2) is 8.19. The topological polar surface area (TPSA) is 12.0 Å². The Morgan fingerprint density at radius 2 is 2.17 bits per heavy atom. The van der Waals surface area contributed by atoms with Crippen LogP contribution in [0.3, 0.4) is 0 Å². The summed E-state index contributed by atoms with van der Waals surface area (Å²) in [4.78, 5) is 0. The lowest BCUT2D eigenvalue weighted by Gasteiger charge is -2.19. The number of rotatable bonds is 7. The van der Waals surface area contributed by atoms with E-state index in [1.54, 1.807) is 0 Å². The first kappa shape index (κ1) is 15.1. The van der Waals surface area contributed by atoms with Gasteiger partial charge in [0.2, 0.25) is 0 Å². The summed E-state index contributed by atoms with van der Waals surface area (Å²) in [6.07, 6.45) is 9.38. The zero-order chi connectivity index (χ0) is 13.4. The fourth-order valence-corrected chi connectivity index (χ4v) is 2.38. The third-order valence-electron chi connectivity index (χ3n) is 2.92. The van der Waals surface area contributed by atoms with Crippen molar-refractivity contribution in [2.75, 3.05) is 6.54 Å². The number of benzene rings is 1. The molecule has 0 aliphatic rings. The summed E-state index contributed by atoms with van der Waals surface area (Å²) in [7, 11) is 0. The van der Waals surface area contributed by atoms with Gasteiger partial charge in [-0.2, -0.15) is 0 Å². The van der Waals surface area contributed by atoms with Crippen molar-refractivity contribution < 1.29 is 0 Å². The van der Waals surface area contributed by atoms with Crippen LogP contribution in [0.2, 0.25) is 5.02 Å². The van der Waals surface area contributed by atoms with Gasteiger partial charge >= 0.3 is 0 Å². The van der Waals surface area contributed by atoms with Crippen molar-refractivity contribution in [3.63, 3.8) is 0 Å². The number of hydrogen-bond donors (Lipinski definition) is 1. The standard InChI is InChI=1S/C16H22ClN/c1-4-6-7-8-16(18-9-5-2)14-10-13(3)11-15(17)12-14/h1,10-12,16,18H,5-9H2,2-3H3. The van der Waals surface area contributed by atoms with Crippen molar-refractivity contribution >= 4 is 11.6 Å². The Morgan fingerprint density at radius 1 is 1.39 bits per heavy atom. The highest BCUT2D eigenvalue weighted by Crippen LogP contribution is 2.24. The van der Waals surface area contributed by atoms with E-state index < -0.39 is 0 Å². The zero-order valence-electron chi connectivity index (χ0n) is 11.3. The van der Waals surface area contributed by atoms with Crippen LogP contribution < -0.4 is 5.32 Å². The predicted molar refractivity (Wildman–Crippen MR) is 79.9 cm³/mol. The van der Waals surface area contributed by atoms with Crippen LogP contribution in [-0.2, 0) is 0 Å². The maximum absolute atomic E-state index is 6.13. The van der Waals surface area contributed by atoms with Crippen molar-refractivity contribution in [2.45, 2.75) is 45.6 Å². The molecule has 0 heterocycles. The van der Waals surface area contributed by atoms with Gasteiger partial charge in [0.25, 0.3) is 0 Å². The molecular formula is C16H22ClN. The molecular weight excluding hydrogens is 242 g/mol. The Kier molecular flexibility index (Phi) is 6.86. The number of nitrogens with one attached hydrogen (secondary N) is 1. The highest BCUT2D eigenvalue weighted by atomic mass is 35.5. The molecule has 0 saturated carbocycles. The molecule has 0 aliphatic carbocycles. The molecule has 2 heteroatoms. The van der Waals surface area contributed by atoms with Gasteiger partial charge in [-0.1, -0.05) is 24.6 Å². The fraction of sp³-hybridized carbons (Fsp3) is 0.500. The second-order valence-corrected chi connectivity index (χ2v) is 5.10. The maximum Gasteiger partial charge on any atom is 0.0411 e. The van der Waals surface area contributed by atoms with Crippen LogP contribution in [-0.4, -0.2) is 6.54 Å². The first-order valence-electron chi connectivity index (χ1n) is 6.61. The summed E-state index contributed by atoms with van der Waals surface area (Å²) in [5, 5.41) is 4.38. The van der Waals surface area contributed by atoms with Crippen LogP contribution in [0, 0.1) is 19.3 Å². The van der Waals surface area contributed by atoms with E-state index in [0.717, 1.165) is 37.3 Å². The molecule has 1 aromatic rings. The SMILES string of the molecule is C#CCCCC(NCCC)c1cc(C)cc(Cl)c1. The zero-order valence-corrected chi connectivity index (χ0v) is 12.1. The molecule has 1 aromatic carbocycles. The number of terminal acetylenes is 1. The van der Waals surface area contributed by atoms with E-state index in [4.69, 9.17) is 18.0 Å². The lowest BCUT2D eigenvalue weighted by atomic mass is 9.99. The molecule has 1 nitrogen and oxygen atoms in total. The van der Waals surface area contributed by atoms with Gasteiger partial charge in [-0.3, -0.25) is 0 Å². The second-order valence-electron chi connectivity index (χ2n) is 4.66. The van der Waals surface area contributed by atoms with Crippen molar-refractivity contribution in [2.24, 2.45) is 0 Å². The van der Waals surface area contributed by atoms with Gasteiger partial charge in [0, 0.05) is 17.5 Å². The molecule has 0 amide bonds. The van der Waals surface area contributed by atoms with Gasteiger partial charge in [-0.25, -0.2) is 0 Å². The molecule has 1 atom stereocenters. The third-order valence-corrected chi connectivity index (χ3v) is 3.14. The summed E-state index contributed by atoms with van der Waals surface area (Å²) in [6, 6.07) is 6.60. The van der Waals surface area contributed by atoms with Gasteiger partial charge < -0.3 is 5.32 Å².